The maximum atomic E-state index is 11.7. The minimum absolute atomic E-state index is 0.233. The van der Waals surface area contributed by atoms with Crippen LogP contribution in [0, 0.1) is 0 Å². The van der Waals surface area contributed by atoms with Gasteiger partial charge in [0.1, 0.15) is 0 Å². The molecule has 1 aliphatic heterocycles. The zero-order valence-corrected chi connectivity index (χ0v) is 15.1. The van der Waals surface area contributed by atoms with Crippen molar-refractivity contribution in [3.05, 3.63) is 34.9 Å². The van der Waals surface area contributed by atoms with Gasteiger partial charge < -0.3 is 19.9 Å². The van der Waals surface area contributed by atoms with E-state index in [-0.39, 0.29) is 6.09 Å². The minimum Gasteiger partial charge on any atom is -0.450 e. The number of ether oxygens (including phenoxy) is 1. The summed E-state index contributed by atoms with van der Waals surface area (Å²) < 4.78 is 5.04. The molecule has 0 bridgehead atoms. The Hall–Kier alpha value is -1.95. The van der Waals surface area contributed by atoms with E-state index in [9.17, 15) is 4.79 Å². The number of guanidine groups is 1. The van der Waals surface area contributed by atoms with E-state index in [4.69, 9.17) is 16.3 Å². The Bertz CT molecular complexity index is 554. The summed E-state index contributed by atoms with van der Waals surface area (Å²) in [6, 6.07) is 7.87. The van der Waals surface area contributed by atoms with Gasteiger partial charge in [-0.2, -0.15) is 0 Å². The highest BCUT2D eigenvalue weighted by Crippen LogP contribution is 2.09. The molecule has 0 unspecified atom stereocenters. The van der Waals surface area contributed by atoms with Gasteiger partial charge in [-0.25, -0.2) is 4.79 Å². The van der Waals surface area contributed by atoms with Gasteiger partial charge in [-0.1, -0.05) is 23.7 Å². The van der Waals surface area contributed by atoms with E-state index in [1.165, 1.54) is 5.56 Å². The topological polar surface area (TPSA) is 57.2 Å². The van der Waals surface area contributed by atoms with Crippen LogP contribution in [0.2, 0.25) is 5.02 Å². The van der Waals surface area contributed by atoms with Crippen LogP contribution in [0.4, 0.5) is 4.79 Å². The van der Waals surface area contributed by atoms with Gasteiger partial charge >= 0.3 is 6.09 Å². The van der Waals surface area contributed by atoms with E-state index in [0.29, 0.717) is 19.7 Å². The lowest BCUT2D eigenvalue weighted by atomic mass is 10.1. The summed E-state index contributed by atoms with van der Waals surface area (Å²) >= 11 is 5.90. The van der Waals surface area contributed by atoms with Crippen molar-refractivity contribution in [1.82, 2.24) is 15.1 Å². The number of carbonyl (C=O) groups excluding carboxylic acids is 1. The molecule has 7 heteroatoms. The molecular weight excluding hydrogens is 328 g/mol. The van der Waals surface area contributed by atoms with Crippen LogP contribution in [-0.2, 0) is 11.2 Å². The molecule has 0 saturated carbocycles. The van der Waals surface area contributed by atoms with E-state index in [1.54, 1.807) is 11.9 Å². The predicted molar refractivity (Wildman–Crippen MR) is 96.7 cm³/mol. The zero-order chi connectivity index (χ0) is 17.4. The molecular formula is C17H25ClN4O2. The first-order chi connectivity index (χ1) is 11.6. The summed E-state index contributed by atoms with van der Waals surface area (Å²) in [5.74, 6) is 0.868. The zero-order valence-electron chi connectivity index (χ0n) is 14.3. The molecule has 1 aromatic rings. The van der Waals surface area contributed by atoms with Crippen molar-refractivity contribution in [1.29, 1.82) is 0 Å². The molecule has 1 N–H and O–H groups in total. The van der Waals surface area contributed by atoms with Crippen molar-refractivity contribution in [3.8, 4) is 0 Å². The SMILES string of the molecule is CCOC(=O)N1CCN(C(=NC)NCCc2ccc(Cl)cc2)CC1. The number of benzene rings is 1. The highest BCUT2D eigenvalue weighted by atomic mass is 35.5. The van der Waals surface area contributed by atoms with Gasteiger partial charge in [0.25, 0.3) is 0 Å². The van der Waals surface area contributed by atoms with Crippen LogP contribution >= 0.6 is 11.6 Å². The Morgan fingerprint density at radius 1 is 1.21 bits per heavy atom. The van der Waals surface area contributed by atoms with Crippen LogP contribution in [0.1, 0.15) is 12.5 Å². The second kappa shape index (κ2) is 9.37. The second-order valence-corrected chi connectivity index (χ2v) is 5.96. The first-order valence-electron chi connectivity index (χ1n) is 8.25. The molecule has 0 radical (unpaired) electrons. The molecule has 6 nitrogen and oxygen atoms in total. The van der Waals surface area contributed by atoms with E-state index in [0.717, 1.165) is 37.0 Å². The van der Waals surface area contributed by atoms with Crippen LogP contribution in [0.25, 0.3) is 0 Å². The Labute approximate surface area is 148 Å². The maximum Gasteiger partial charge on any atom is 0.409 e. The van der Waals surface area contributed by atoms with E-state index in [2.05, 4.69) is 15.2 Å². The van der Waals surface area contributed by atoms with Crippen molar-refractivity contribution in [2.75, 3.05) is 46.4 Å². The number of amides is 1. The summed E-state index contributed by atoms with van der Waals surface area (Å²) in [5, 5.41) is 4.13. The Kier molecular flexibility index (Phi) is 7.18. The third-order valence-corrected chi connectivity index (χ3v) is 4.18. The van der Waals surface area contributed by atoms with Crippen molar-refractivity contribution < 1.29 is 9.53 Å². The Balaban J connectivity index is 1.76. The van der Waals surface area contributed by atoms with E-state index in [1.807, 2.05) is 31.2 Å². The first kappa shape index (κ1) is 18.4. The molecule has 1 saturated heterocycles. The molecule has 2 rings (SSSR count). The number of nitrogens with zero attached hydrogens (tertiary/aromatic N) is 3. The average Bonchev–Trinajstić information content (AvgIpc) is 2.61. The van der Waals surface area contributed by atoms with Gasteiger partial charge in [0.05, 0.1) is 6.61 Å². The van der Waals surface area contributed by atoms with Gasteiger partial charge in [0.15, 0.2) is 5.96 Å². The number of piperazine rings is 1. The predicted octanol–water partition coefficient (Wildman–Crippen LogP) is 2.23. The first-order valence-corrected chi connectivity index (χ1v) is 8.63. The smallest absolute Gasteiger partial charge is 0.409 e. The molecule has 1 aliphatic rings. The minimum atomic E-state index is -0.233. The van der Waals surface area contributed by atoms with Crippen molar-refractivity contribution in [2.45, 2.75) is 13.3 Å². The van der Waals surface area contributed by atoms with Gasteiger partial charge in [0, 0.05) is 44.8 Å². The molecule has 1 heterocycles. The van der Waals surface area contributed by atoms with Crippen LogP contribution in [-0.4, -0.2) is 68.2 Å². The number of hydrogen-bond acceptors (Lipinski definition) is 3. The monoisotopic (exact) mass is 352 g/mol. The molecule has 0 aromatic heterocycles. The summed E-state index contributed by atoms with van der Waals surface area (Å²) in [6.45, 7) is 5.83. The summed E-state index contributed by atoms with van der Waals surface area (Å²) in [4.78, 5) is 20.0. The fourth-order valence-electron chi connectivity index (χ4n) is 2.62. The largest absolute Gasteiger partial charge is 0.450 e. The van der Waals surface area contributed by atoms with Crippen LogP contribution in [0.3, 0.4) is 0 Å². The number of hydrogen-bond donors (Lipinski definition) is 1. The Morgan fingerprint density at radius 3 is 2.42 bits per heavy atom. The molecule has 1 aromatic carbocycles. The highest BCUT2D eigenvalue weighted by molar-refractivity contribution is 6.30. The maximum absolute atomic E-state index is 11.7. The molecule has 1 fully saturated rings. The number of nitrogens with one attached hydrogen (secondary N) is 1. The van der Waals surface area contributed by atoms with Crippen LogP contribution < -0.4 is 5.32 Å². The van der Waals surface area contributed by atoms with E-state index < -0.39 is 0 Å². The summed E-state index contributed by atoms with van der Waals surface area (Å²) in [7, 11) is 1.78. The normalized spacial score (nSPS) is 15.4. The van der Waals surface area contributed by atoms with Crippen molar-refractivity contribution in [2.24, 2.45) is 4.99 Å². The highest BCUT2D eigenvalue weighted by Gasteiger charge is 2.23. The molecule has 24 heavy (non-hydrogen) atoms. The van der Waals surface area contributed by atoms with Gasteiger partial charge in [0.2, 0.25) is 0 Å². The number of halogens is 1. The molecule has 0 aliphatic carbocycles. The Morgan fingerprint density at radius 2 is 1.83 bits per heavy atom. The lowest BCUT2D eigenvalue weighted by molar-refractivity contribution is 0.0915. The quantitative estimate of drug-likeness (QED) is 0.667. The summed E-state index contributed by atoms with van der Waals surface area (Å²) in [5.41, 5.74) is 1.23. The average molecular weight is 353 g/mol. The number of rotatable bonds is 4. The van der Waals surface area contributed by atoms with E-state index >= 15 is 0 Å². The van der Waals surface area contributed by atoms with Crippen LogP contribution in [0.15, 0.2) is 29.3 Å². The molecule has 0 spiro atoms. The number of aliphatic imine (C=N–C) groups is 1. The lowest BCUT2D eigenvalue weighted by Crippen LogP contribution is -2.54. The van der Waals surface area contributed by atoms with Gasteiger partial charge in [-0.05, 0) is 31.0 Å². The third-order valence-electron chi connectivity index (χ3n) is 3.93. The van der Waals surface area contributed by atoms with Crippen LogP contribution in [0.5, 0.6) is 0 Å². The fraction of sp³-hybridized carbons (Fsp3) is 0.529. The lowest BCUT2D eigenvalue weighted by Gasteiger charge is -2.35. The molecule has 1 amide bonds. The summed E-state index contributed by atoms with van der Waals surface area (Å²) in [6.07, 6.45) is 0.668. The molecule has 0 atom stereocenters. The second-order valence-electron chi connectivity index (χ2n) is 5.52. The standard InChI is InChI=1S/C17H25ClN4O2/c1-3-24-17(23)22-12-10-21(11-13-22)16(19-2)20-9-8-14-4-6-15(18)7-5-14/h4-7H,3,8-13H2,1-2H3,(H,19,20). The van der Waals surface area contributed by atoms with Gasteiger partial charge in [-0.3, -0.25) is 4.99 Å². The van der Waals surface area contributed by atoms with Gasteiger partial charge in [-0.15, -0.1) is 0 Å². The van der Waals surface area contributed by atoms with Crippen molar-refractivity contribution >= 4 is 23.7 Å². The third kappa shape index (κ3) is 5.30. The number of carbonyl (C=O) groups is 1. The molecule has 132 valence electrons. The fourth-order valence-corrected chi connectivity index (χ4v) is 2.74. The van der Waals surface area contributed by atoms with Crippen molar-refractivity contribution in [3.63, 3.8) is 0 Å².